The summed E-state index contributed by atoms with van der Waals surface area (Å²) in [4.78, 5) is 10.6. The van der Waals surface area contributed by atoms with Crippen molar-refractivity contribution in [3.8, 4) is 0 Å². The lowest BCUT2D eigenvalue weighted by Crippen LogP contribution is -2.38. The second-order valence-corrected chi connectivity index (χ2v) is 7.00. The lowest BCUT2D eigenvalue weighted by molar-refractivity contribution is 0.448. The molecule has 0 aliphatic carbocycles. The molecule has 0 radical (unpaired) electrons. The predicted molar refractivity (Wildman–Crippen MR) is 113 cm³/mol. The molecule has 2 aromatic rings. The Morgan fingerprint density at radius 3 is 2.36 bits per heavy atom. The molecular formula is C18H29IN6. The van der Waals surface area contributed by atoms with Crippen LogP contribution in [0.15, 0.2) is 35.6 Å². The van der Waals surface area contributed by atoms with Crippen LogP contribution in [-0.4, -0.2) is 39.7 Å². The van der Waals surface area contributed by atoms with Gasteiger partial charge >= 0.3 is 0 Å². The summed E-state index contributed by atoms with van der Waals surface area (Å²) >= 11 is 0. The summed E-state index contributed by atoms with van der Waals surface area (Å²) in [5, 5.41) is 7.49. The van der Waals surface area contributed by atoms with E-state index in [1.807, 2.05) is 19.0 Å². The fraction of sp³-hybridized carbons (Fsp3) is 0.500. The van der Waals surface area contributed by atoms with E-state index < -0.39 is 0 Å². The quantitative estimate of drug-likeness (QED) is 0.437. The van der Waals surface area contributed by atoms with Crippen molar-refractivity contribution in [1.82, 2.24) is 25.0 Å². The summed E-state index contributed by atoms with van der Waals surface area (Å²) in [6, 6.07) is 8.74. The summed E-state index contributed by atoms with van der Waals surface area (Å²) in [5.74, 6) is 1.73. The molecule has 0 unspecified atom stereocenters. The Hall–Kier alpha value is -1.64. The number of aliphatic imine (C=N–C) groups is 1. The summed E-state index contributed by atoms with van der Waals surface area (Å²) in [5.41, 5.74) is 2.75. The standard InChI is InChI=1S/C18H28N6.HI/c1-18(2,3)15-9-7-14(8-10-15)11-20-17(19-4)23(5)12-16-21-13-22-24(16)6;/h7-10,13H,11-12H2,1-6H3,(H,19,20);1H. The van der Waals surface area contributed by atoms with Crippen molar-refractivity contribution in [2.24, 2.45) is 12.0 Å². The van der Waals surface area contributed by atoms with Crippen molar-refractivity contribution in [2.75, 3.05) is 14.1 Å². The van der Waals surface area contributed by atoms with Gasteiger partial charge in [-0.05, 0) is 16.5 Å². The second kappa shape index (κ2) is 9.17. The summed E-state index contributed by atoms with van der Waals surface area (Å²) in [6.07, 6.45) is 1.57. The van der Waals surface area contributed by atoms with Gasteiger partial charge in [-0.2, -0.15) is 5.10 Å². The normalized spacial score (nSPS) is 11.8. The number of halogens is 1. The minimum Gasteiger partial charge on any atom is -0.352 e. The number of guanidine groups is 1. The van der Waals surface area contributed by atoms with Crippen LogP contribution in [-0.2, 0) is 25.6 Å². The first-order chi connectivity index (χ1) is 11.3. The summed E-state index contributed by atoms with van der Waals surface area (Å²) in [6.45, 7) is 8.07. The van der Waals surface area contributed by atoms with Crippen LogP contribution >= 0.6 is 24.0 Å². The first-order valence-corrected chi connectivity index (χ1v) is 8.15. The summed E-state index contributed by atoms with van der Waals surface area (Å²) < 4.78 is 1.77. The van der Waals surface area contributed by atoms with Gasteiger partial charge in [-0.15, -0.1) is 24.0 Å². The Balaban J connectivity index is 0.00000312. The average molecular weight is 456 g/mol. The minimum absolute atomic E-state index is 0. The maximum absolute atomic E-state index is 4.34. The van der Waals surface area contributed by atoms with Gasteiger partial charge in [0.2, 0.25) is 0 Å². The molecule has 0 saturated heterocycles. The fourth-order valence-corrected chi connectivity index (χ4v) is 2.44. The number of aromatic nitrogens is 3. The van der Waals surface area contributed by atoms with E-state index in [1.54, 1.807) is 18.1 Å². The zero-order valence-corrected chi connectivity index (χ0v) is 18.3. The Labute approximate surface area is 167 Å². The minimum atomic E-state index is 0. The van der Waals surface area contributed by atoms with Crippen LogP contribution in [0.3, 0.4) is 0 Å². The highest BCUT2D eigenvalue weighted by Crippen LogP contribution is 2.22. The third-order valence-corrected chi connectivity index (χ3v) is 4.03. The highest BCUT2D eigenvalue weighted by Gasteiger charge is 2.13. The van der Waals surface area contributed by atoms with Crippen LogP contribution in [0.2, 0.25) is 0 Å². The Kier molecular flexibility index (Phi) is 7.85. The molecule has 6 nitrogen and oxygen atoms in total. The number of aryl methyl sites for hydroxylation is 1. The maximum Gasteiger partial charge on any atom is 0.194 e. The van der Waals surface area contributed by atoms with E-state index in [2.05, 4.69) is 65.4 Å². The van der Waals surface area contributed by atoms with Crippen molar-refractivity contribution in [2.45, 2.75) is 39.3 Å². The Bertz CT molecular complexity index is 684. The van der Waals surface area contributed by atoms with E-state index in [-0.39, 0.29) is 29.4 Å². The van der Waals surface area contributed by atoms with Crippen LogP contribution in [0.25, 0.3) is 0 Å². The first kappa shape index (κ1) is 21.4. The van der Waals surface area contributed by atoms with Gasteiger partial charge in [0.25, 0.3) is 0 Å². The number of hydrogen-bond acceptors (Lipinski definition) is 3. The molecule has 1 N–H and O–H groups in total. The molecule has 0 saturated carbocycles. The molecule has 2 rings (SSSR count). The predicted octanol–water partition coefficient (Wildman–Crippen LogP) is 2.94. The van der Waals surface area contributed by atoms with Gasteiger partial charge in [-0.1, -0.05) is 45.0 Å². The van der Waals surface area contributed by atoms with Gasteiger partial charge < -0.3 is 10.2 Å². The number of benzene rings is 1. The van der Waals surface area contributed by atoms with Crippen LogP contribution in [0, 0.1) is 0 Å². The van der Waals surface area contributed by atoms with Crippen LogP contribution in [0.1, 0.15) is 37.7 Å². The highest BCUT2D eigenvalue weighted by molar-refractivity contribution is 14.0. The molecule has 0 spiro atoms. The van der Waals surface area contributed by atoms with E-state index in [9.17, 15) is 0 Å². The van der Waals surface area contributed by atoms with Gasteiger partial charge in [-0.3, -0.25) is 9.67 Å². The number of nitrogens with zero attached hydrogens (tertiary/aromatic N) is 5. The highest BCUT2D eigenvalue weighted by atomic mass is 127. The summed E-state index contributed by atoms with van der Waals surface area (Å²) in [7, 11) is 5.67. The maximum atomic E-state index is 4.34. The van der Waals surface area contributed by atoms with E-state index in [1.165, 1.54) is 11.1 Å². The van der Waals surface area contributed by atoms with Crippen molar-refractivity contribution in [3.63, 3.8) is 0 Å². The molecule has 0 fully saturated rings. The Morgan fingerprint density at radius 1 is 1.24 bits per heavy atom. The largest absolute Gasteiger partial charge is 0.352 e. The van der Waals surface area contributed by atoms with Crippen LogP contribution < -0.4 is 5.32 Å². The van der Waals surface area contributed by atoms with E-state index in [4.69, 9.17) is 0 Å². The smallest absolute Gasteiger partial charge is 0.194 e. The van der Waals surface area contributed by atoms with E-state index in [0.717, 1.165) is 18.3 Å². The fourth-order valence-electron chi connectivity index (χ4n) is 2.44. The van der Waals surface area contributed by atoms with Crippen LogP contribution in [0.4, 0.5) is 0 Å². The number of rotatable bonds is 4. The molecule has 1 heterocycles. The van der Waals surface area contributed by atoms with Crippen molar-refractivity contribution < 1.29 is 0 Å². The molecular weight excluding hydrogens is 427 g/mol. The third kappa shape index (κ3) is 5.98. The van der Waals surface area contributed by atoms with Crippen molar-refractivity contribution in [3.05, 3.63) is 47.5 Å². The van der Waals surface area contributed by atoms with Gasteiger partial charge in [0.1, 0.15) is 12.2 Å². The topological polar surface area (TPSA) is 58.3 Å². The van der Waals surface area contributed by atoms with Gasteiger partial charge in [0.05, 0.1) is 6.54 Å². The molecule has 1 aromatic carbocycles. The SMILES string of the molecule is CN=C(NCc1ccc(C(C)(C)C)cc1)N(C)Cc1ncnn1C.I. The second-order valence-electron chi connectivity index (χ2n) is 7.00. The first-order valence-electron chi connectivity index (χ1n) is 8.15. The molecule has 25 heavy (non-hydrogen) atoms. The molecule has 0 bridgehead atoms. The number of hydrogen-bond donors (Lipinski definition) is 1. The zero-order valence-electron chi connectivity index (χ0n) is 15.9. The molecule has 7 heteroatoms. The zero-order chi connectivity index (χ0) is 17.7. The lowest BCUT2D eigenvalue weighted by Gasteiger charge is -2.22. The van der Waals surface area contributed by atoms with Crippen LogP contribution in [0.5, 0.6) is 0 Å². The van der Waals surface area contributed by atoms with Gasteiger partial charge in [0.15, 0.2) is 5.96 Å². The lowest BCUT2D eigenvalue weighted by atomic mass is 9.87. The molecule has 0 amide bonds. The average Bonchev–Trinajstić information content (AvgIpc) is 2.92. The van der Waals surface area contributed by atoms with Gasteiger partial charge in [-0.25, -0.2) is 4.98 Å². The molecule has 1 aromatic heterocycles. The van der Waals surface area contributed by atoms with Gasteiger partial charge in [0, 0.05) is 27.7 Å². The number of nitrogens with one attached hydrogen (secondary N) is 1. The van der Waals surface area contributed by atoms with Crippen molar-refractivity contribution in [1.29, 1.82) is 0 Å². The third-order valence-electron chi connectivity index (χ3n) is 4.03. The van der Waals surface area contributed by atoms with Crippen molar-refractivity contribution >= 4 is 29.9 Å². The molecule has 0 aliphatic heterocycles. The molecule has 0 atom stereocenters. The molecule has 0 aliphatic rings. The van der Waals surface area contributed by atoms with E-state index >= 15 is 0 Å². The Morgan fingerprint density at radius 2 is 1.88 bits per heavy atom. The monoisotopic (exact) mass is 456 g/mol. The molecule has 138 valence electrons. The van der Waals surface area contributed by atoms with E-state index in [0.29, 0.717) is 6.54 Å².